The van der Waals surface area contributed by atoms with Crippen LogP contribution in [0.5, 0.6) is 17.2 Å². The second kappa shape index (κ2) is 12.6. The summed E-state index contributed by atoms with van der Waals surface area (Å²) in [6, 6.07) is 11.2. The highest BCUT2D eigenvalue weighted by molar-refractivity contribution is 9.10. The Labute approximate surface area is 189 Å². The number of carbonyl (C=O) groups excluding carboxylic acids is 2. The highest BCUT2D eigenvalue weighted by Crippen LogP contribution is 2.36. The van der Waals surface area contributed by atoms with Crippen molar-refractivity contribution in [1.29, 1.82) is 0 Å². The number of nitrogens with one attached hydrogen (secondary N) is 1. The predicted molar refractivity (Wildman–Crippen MR) is 122 cm³/mol. The van der Waals surface area contributed by atoms with Crippen molar-refractivity contribution < 1.29 is 23.8 Å². The number of hydrogen-bond donors (Lipinski definition) is 2. The summed E-state index contributed by atoms with van der Waals surface area (Å²) in [7, 11) is 1.63. The largest absolute Gasteiger partial charge is 0.497 e. The van der Waals surface area contributed by atoms with Gasteiger partial charge in [-0.1, -0.05) is 12.1 Å². The fourth-order valence-electron chi connectivity index (χ4n) is 2.69. The number of ether oxygens (including phenoxy) is 3. The summed E-state index contributed by atoms with van der Waals surface area (Å²) in [4.78, 5) is 23.0. The molecule has 31 heavy (non-hydrogen) atoms. The lowest BCUT2D eigenvalue weighted by Gasteiger charge is -2.13. The molecule has 0 fully saturated rings. The first kappa shape index (κ1) is 24.2. The van der Waals surface area contributed by atoms with E-state index in [1.165, 1.54) is 6.21 Å². The highest BCUT2D eigenvalue weighted by Gasteiger charge is 2.13. The van der Waals surface area contributed by atoms with Gasteiger partial charge in [0.2, 0.25) is 5.91 Å². The number of rotatable bonds is 12. The third-order valence-corrected chi connectivity index (χ3v) is 4.71. The van der Waals surface area contributed by atoms with Crippen LogP contribution in [-0.2, 0) is 16.0 Å². The molecule has 0 aliphatic heterocycles. The Morgan fingerprint density at radius 2 is 1.94 bits per heavy atom. The minimum Gasteiger partial charge on any atom is -0.497 e. The first-order valence-corrected chi connectivity index (χ1v) is 10.5. The van der Waals surface area contributed by atoms with Gasteiger partial charge in [0.05, 0.1) is 24.4 Å². The summed E-state index contributed by atoms with van der Waals surface area (Å²) in [5.74, 6) is 0.859. The van der Waals surface area contributed by atoms with E-state index in [4.69, 9.17) is 19.9 Å². The van der Waals surface area contributed by atoms with Crippen molar-refractivity contribution in [2.75, 3.05) is 20.3 Å². The Morgan fingerprint density at radius 1 is 1.19 bits per heavy atom. The standard InChI is InChI=1S/C22H26BrN3O5/c1-3-30-19-12-16(11-18(23)22(19)31-14-20(24)27)13-25-26-21(28)6-4-5-15-7-9-17(29-2)10-8-15/h7-13H,3-6,14H2,1-2H3,(H2,24,27)(H,26,28)/b25-13+. The molecule has 2 amide bonds. The first-order chi connectivity index (χ1) is 14.9. The number of halogens is 1. The van der Waals surface area contributed by atoms with Crippen LogP contribution in [0.3, 0.4) is 0 Å². The van der Waals surface area contributed by atoms with E-state index < -0.39 is 5.91 Å². The van der Waals surface area contributed by atoms with E-state index in [0.29, 0.717) is 41.0 Å². The summed E-state index contributed by atoms with van der Waals surface area (Å²) in [5.41, 5.74) is 9.48. The molecule has 0 aliphatic carbocycles. The summed E-state index contributed by atoms with van der Waals surface area (Å²) in [5, 5.41) is 4.00. The normalized spacial score (nSPS) is 10.7. The lowest BCUT2D eigenvalue weighted by molar-refractivity contribution is -0.121. The van der Waals surface area contributed by atoms with E-state index >= 15 is 0 Å². The van der Waals surface area contributed by atoms with Gasteiger partial charge in [0.15, 0.2) is 18.1 Å². The van der Waals surface area contributed by atoms with Crippen molar-refractivity contribution in [1.82, 2.24) is 5.43 Å². The molecule has 0 aromatic heterocycles. The number of aryl methyl sites for hydroxylation is 1. The number of hydrogen-bond acceptors (Lipinski definition) is 6. The van der Waals surface area contributed by atoms with Crippen molar-refractivity contribution in [3.8, 4) is 17.2 Å². The number of methoxy groups -OCH3 is 1. The maximum Gasteiger partial charge on any atom is 0.255 e. The Bertz CT molecular complexity index is 916. The number of benzene rings is 2. The van der Waals surface area contributed by atoms with E-state index in [1.807, 2.05) is 31.2 Å². The minimum absolute atomic E-state index is 0.171. The van der Waals surface area contributed by atoms with Crippen LogP contribution in [0.4, 0.5) is 0 Å². The first-order valence-electron chi connectivity index (χ1n) is 9.75. The van der Waals surface area contributed by atoms with Gasteiger partial charge in [-0.3, -0.25) is 9.59 Å². The molecule has 2 aromatic carbocycles. The molecule has 0 spiro atoms. The van der Waals surface area contributed by atoms with Crippen LogP contribution < -0.4 is 25.4 Å². The zero-order valence-corrected chi connectivity index (χ0v) is 19.1. The fourth-order valence-corrected chi connectivity index (χ4v) is 3.26. The fraction of sp³-hybridized carbons (Fsp3) is 0.318. The Hall–Kier alpha value is -3.07. The van der Waals surface area contributed by atoms with Gasteiger partial charge in [-0.15, -0.1) is 0 Å². The molecule has 3 N–H and O–H groups in total. The van der Waals surface area contributed by atoms with Crippen molar-refractivity contribution in [2.45, 2.75) is 26.2 Å². The van der Waals surface area contributed by atoms with Crippen LogP contribution >= 0.6 is 15.9 Å². The van der Waals surface area contributed by atoms with Crippen LogP contribution in [0.1, 0.15) is 30.9 Å². The van der Waals surface area contributed by atoms with E-state index in [9.17, 15) is 9.59 Å². The van der Waals surface area contributed by atoms with Crippen LogP contribution in [0.2, 0.25) is 0 Å². The SMILES string of the molecule is CCOc1cc(/C=N/NC(=O)CCCc2ccc(OC)cc2)cc(Br)c1OCC(N)=O. The average molecular weight is 492 g/mol. The lowest BCUT2D eigenvalue weighted by Crippen LogP contribution is -2.20. The maximum absolute atomic E-state index is 12.0. The Balaban J connectivity index is 1.88. The van der Waals surface area contributed by atoms with Gasteiger partial charge < -0.3 is 19.9 Å². The van der Waals surface area contributed by atoms with Crippen LogP contribution in [0, 0.1) is 0 Å². The summed E-state index contributed by atoms with van der Waals surface area (Å²) >= 11 is 3.39. The number of carbonyl (C=O) groups is 2. The summed E-state index contributed by atoms with van der Waals surface area (Å²) in [6.45, 7) is 1.97. The number of nitrogens with two attached hydrogens (primary N) is 1. The maximum atomic E-state index is 12.0. The molecule has 0 atom stereocenters. The highest BCUT2D eigenvalue weighted by atomic mass is 79.9. The third kappa shape index (κ3) is 8.29. The molecule has 166 valence electrons. The van der Waals surface area contributed by atoms with Crippen molar-refractivity contribution >= 4 is 34.0 Å². The second-order valence-corrected chi connectivity index (χ2v) is 7.37. The Kier molecular flexibility index (Phi) is 9.83. The number of nitrogens with zero attached hydrogens (tertiary/aromatic N) is 1. The predicted octanol–water partition coefficient (Wildman–Crippen LogP) is 3.19. The molecule has 9 heteroatoms. The Morgan fingerprint density at radius 3 is 2.58 bits per heavy atom. The van der Waals surface area contributed by atoms with Gasteiger partial charge >= 0.3 is 0 Å². The van der Waals surface area contributed by atoms with E-state index in [-0.39, 0.29) is 12.5 Å². The zero-order valence-electron chi connectivity index (χ0n) is 17.5. The van der Waals surface area contributed by atoms with Crippen LogP contribution in [-0.4, -0.2) is 38.4 Å². The van der Waals surface area contributed by atoms with Gasteiger partial charge in [-0.25, -0.2) is 5.43 Å². The quantitative estimate of drug-likeness (QED) is 0.349. The smallest absolute Gasteiger partial charge is 0.255 e. The zero-order chi connectivity index (χ0) is 22.6. The molecular weight excluding hydrogens is 466 g/mol. The van der Waals surface area contributed by atoms with Gasteiger partial charge in [0.1, 0.15) is 5.75 Å². The number of hydrazone groups is 1. The van der Waals surface area contributed by atoms with Gasteiger partial charge in [-0.2, -0.15) is 5.10 Å². The van der Waals surface area contributed by atoms with E-state index in [0.717, 1.165) is 17.7 Å². The molecule has 0 aliphatic rings. The van der Waals surface area contributed by atoms with Gasteiger partial charge in [-0.05, 0) is 71.1 Å². The molecule has 0 saturated carbocycles. The minimum atomic E-state index is -0.588. The van der Waals surface area contributed by atoms with E-state index in [2.05, 4.69) is 26.5 Å². The second-order valence-electron chi connectivity index (χ2n) is 6.51. The number of primary amides is 1. The topological polar surface area (TPSA) is 112 Å². The van der Waals surface area contributed by atoms with Crippen molar-refractivity contribution in [3.05, 3.63) is 52.0 Å². The number of amides is 2. The third-order valence-electron chi connectivity index (χ3n) is 4.12. The van der Waals surface area contributed by atoms with Gasteiger partial charge in [0.25, 0.3) is 5.91 Å². The molecule has 0 bridgehead atoms. The molecule has 0 heterocycles. The summed E-state index contributed by atoms with van der Waals surface area (Å²) in [6.07, 6.45) is 3.36. The molecule has 2 rings (SSSR count). The molecule has 0 unspecified atom stereocenters. The lowest BCUT2D eigenvalue weighted by atomic mass is 10.1. The van der Waals surface area contributed by atoms with Crippen LogP contribution in [0.25, 0.3) is 0 Å². The van der Waals surface area contributed by atoms with Crippen molar-refractivity contribution in [2.24, 2.45) is 10.8 Å². The van der Waals surface area contributed by atoms with Gasteiger partial charge in [0, 0.05) is 6.42 Å². The summed E-state index contributed by atoms with van der Waals surface area (Å²) < 4.78 is 16.7. The van der Waals surface area contributed by atoms with Crippen molar-refractivity contribution in [3.63, 3.8) is 0 Å². The molecule has 0 saturated heterocycles. The van der Waals surface area contributed by atoms with E-state index in [1.54, 1.807) is 19.2 Å². The molecular formula is C22H26BrN3O5. The molecule has 0 radical (unpaired) electrons. The molecule has 2 aromatic rings. The average Bonchev–Trinajstić information content (AvgIpc) is 2.73. The van der Waals surface area contributed by atoms with Crippen LogP contribution in [0.15, 0.2) is 46.0 Å². The monoisotopic (exact) mass is 491 g/mol. The molecule has 8 nitrogen and oxygen atoms in total.